The molecule has 0 fully saturated rings. The Morgan fingerprint density at radius 3 is 2.38 bits per heavy atom. The molecule has 7 heteroatoms. The Morgan fingerprint density at radius 2 is 1.78 bits per heavy atom. The summed E-state index contributed by atoms with van der Waals surface area (Å²) in [6, 6.07) is 13.0. The summed E-state index contributed by atoms with van der Waals surface area (Å²) >= 11 is 7.00. The molecule has 0 aliphatic rings. The van der Waals surface area contributed by atoms with Crippen LogP contribution < -0.4 is 10.1 Å². The van der Waals surface area contributed by atoms with Gasteiger partial charge in [0.05, 0.1) is 4.47 Å². The summed E-state index contributed by atoms with van der Waals surface area (Å²) in [6.45, 7) is 10.1. The van der Waals surface area contributed by atoms with Gasteiger partial charge < -0.3 is 15.0 Å². The molecule has 0 aliphatic carbocycles. The van der Waals surface area contributed by atoms with Crippen molar-refractivity contribution >= 4 is 43.7 Å². The fourth-order valence-corrected chi connectivity index (χ4v) is 4.05. The van der Waals surface area contributed by atoms with Crippen LogP contribution in [0.25, 0.3) is 0 Å². The topological polar surface area (TPSA) is 58.6 Å². The minimum atomic E-state index is -0.633. The number of carbonyl (C=O) groups is 2. The molecule has 2 unspecified atom stereocenters. The maximum absolute atomic E-state index is 13.2. The first kappa shape index (κ1) is 26.4. The number of halogens is 2. The third-order valence-corrected chi connectivity index (χ3v) is 6.50. The van der Waals surface area contributed by atoms with Gasteiger partial charge in [0.15, 0.2) is 6.61 Å². The first-order valence-electron chi connectivity index (χ1n) is 10.9. The van der Waals surface area contributed by atoms with Crippen LogP contribution in [-0.2, 0) is 16.1 Å². The lowest BCUT2D eigenvalue weighted by atomic mass is 10.0. The van der Waals surface area contributed by atoms with Crippen LogP contribution in [0.3, 0.4) is 0 Å². The van der Waals surface area contributed by atoms with Gasteiger partial charge in [-0.2, -0.15) is 0 Å². The summed E-state index contributed by atoms with van der Waals surface area (Å²) in [4.78, 5) is 27.5. The van der Waals surface area contributed by atoms with Gasteiger partial charge in [-0.05, 0) is 77.5 Å². The zero-order valence-electron chi connectivity index (χ0n) is 19.3. The molecule has 0 aromatic heterocycles. The van der Waals surface area contributed by atoms with E-state index in [9.17, 15) is 9.59 Å². The number of carbonyl (C=O) groups excluding carboxylic acids is 2. The second kappa shape index (κ2) is 12.4. The molecule has 2 rings (SSSR count). The molecule has 0 heterocycles. The molecule has 0 radical (unpaired) electrons. The lowest BCUT2D eigenvalue weighted by Crippen LogP contribution is -2.50. The van der Waals surface area contributed by atoms with Gasteiger partial charge in [-0.1, -0.05) is 54.9 Å². The summed E-state index contributed by atoms with van der Waals surface area (Å²) in [5.41, 5.74) is 2.11. The van der Waals surface area contributed by atoms with Crippen molar-refractivity contribution in [3.63, 3.8) is 0 Å². The van der Waals surface area contributed by atoms with E-state index < -0.39 is 6.04 Å². The van der Waals surface area contributed by atoms with Crippen LogP contribution in [0.5, 0.6) is 5.75 Å². The largest absolute Gasteiger partial charge is 0.483 e. The molecule has 32 heavy (non-hydrogen) atoms. The molecule has 0 saturated heterocycles. The van der Waals surface area contributed by atoms with Gasteiger partial charge in [0.1, 0.15) is 11.8 Å². The van der Waals surface area contributed by atoms with Crippen molar-refractivity contribution in [2.45, 2.75) is 65.6 Å². The van der Waals surface area contributed by atoms with Gasteiger partial charge in [-0.3, -0.25) is 9.59 Å². The number of hydrogen-bond acceptors (Lipinski definition) is 3. The predicted molar refractivity (Wildman–Crippen MR) is 136 cm³/mol. The summed E-state index contributed by atoms with van der Waals surface area (Å²) in [5.74, 6) is 0.566. The average molecular weight is 568 g/mol. The van der Waals surface area contributed by atoms with E-state index in [0.29, 0.717) is 18.2 Å². The smallest absolute Gasteiger partial charge is 0.261 e. The van der Waals surface area contributed by atoms with E-state index >= 15 is 0 Å². The lowest BCUT2D eigenvalue weighted by molar-refractivity contribution is -0.142. The Bertz CT molecular complexity index is 933. The zero-order chi connectivity index (χ0) is 23.8. The van der Waals surface area contributed by atoms with Crippen LogP contribution in [0.4, 0.5) is 0 Å². The van der Waals surface area contributed by atoms with E-state index in [2.05, 4.69) is 51.0 Å². The average Bonchev–Trinajstić information content (AvgIpc) is 2.75. The molecule has 174 valence electrons. The Kier molecular flexibility index (Phi) is 10.2. The molecule has 2 aromatic carbocycles. The highest BCUT2D eigenvalue weighted by atomic mass is 79.9. The van der Waals surface area contributed by atoms with Crippen molar-refractivity contribution in [3.05, 3.63) is 62.5 Å². The number of amides is 2. The van der Waals surface area contributed by atoms with Crippen molar-refractivity contribution in [2.24, 2.45) is 0 Å². The highest BCUT2D eigenvalue weighted by Crippen LogP contribution is 2.29. The predicted octanol–water partition coefficient (Wildman–Crippen LogP) is 6.05. The van der Waals surface area contributed by atoms with Crippen LogP contribution in [-0.4, -0.2) is 35.4 Å². The Hall–Kier alpha value is -1.86. The SMILES string of the molecule is CCC(C)NC(=O)C(C)N(Cc1cccc(Br)c1)C(=O)COc1ccc(C(C)C)cc1Br. The summed E-state index contributed by atoms with van der Waals surface area (Å²) in [6.07, 6.45) is 0.821. The summed E-state index contributed by atoms with van der Waals surface area (Å²) in [5, 5.41) is 2.97. The maximum Gasteiger partial charge on any atom is 0.261 e. The number of nitrogens with one attached hydrogen (secondary N) is 1. The maximum atomic E-state index is 13.2. The van der Waals surface area contributed by atoms with E-state index in [1.54, 1.807) is 11.8 Å². The molecule has 2 amide bonds. The number of nitrogens with zero attached hydrogens (tertiary/aromatic N) is 1. The fraction of sp³-hybridized carbons (Fsp3) is 0.440. The Balaban J connectivity index is 2.18. The quantitative estimate of drug-likeness (QED) is 0.380. The van der Waals surface area contributed by atoms with Crippen molar-refractivity contribution in [1.29, 1.82) is 0 Å². The van der Waals surface area contributed by atoms with Crippen molar-refractivity contribution in [2.75, 3.05) is 6.61 Å². The molecular formula is C25H32Br2N2O3. The highest BCUT2D eigenvalue weighted by Gasteiger charge is 2.27. The normalized spacial score (nSPS) is 12.9. The molecular weight excluding hydrogens is 536 g/mol. The summed E-state index contributed by atoms with van der Waals surface area (Å²) in [7, 11) is 0. The van der Waals surface area contributed by atoms with E-state index in [-0.39, 0.29) is 24.5 Å². The summed E-state index contributed by atoms with van der Waals surface area (Å²) < 4.78 is 7.55. The van der Waals surface area contributed by atoms with Gasteiger partial charge in [-0.15, -0.1) is 0 Å². The van der Waals surface area contributed by atoms with Gasteiger partial charge in [-0.25, -0.2) is 0 Å². The molecule has 2 aromatic rings. The number of benzene rings is 2. The van der Waals surface area contributed by atoms with Crippen LogP contribution in [0, 0.1) is 0 Å². The number of rotatable bonds is 10. The fourth-order valence-electron chi connectivity index (χ4n) is 3.10. The molecule has 2 atom stereocenters. The molecule has 0 spiro atoms. The minimum Gasteiger partial charge on any atom is -0.483 e. The minimum absolute atomic E-state index is 0.0412. The van der Waals surface area contributed by atoms with Crippen molar-refractivity contribution < 1.29 is 14.3 Å². The standard InChI is InChI=1S/C25H32Br2N2O3/c1-6-17(4)28-25(31)18(5)29(14-19-8-7-9-21(26)12-19)24(30)15-32-23-11-10-20(16(2)3)13-22(23)27/h7-13,16-18H,6,14-15H2,1-5H3,(H,28,31). The molecule has 1 N–H and O–H groups in total. The van der Waals surface area contributed by atoms with Gasteiger partial charge in [0.25, 0.3) is 5.91 Å². The van der Waals surface area contributed by atoms with Gasteiger partial charge >= 0.3 is 0 Å². The molecule has 0 bridgehead atoms. The van der Waals surface area contributed by atoms with Crippen LogP contribution in [0.1, 0.15) is 58.1 Å². The first-order chi connectivity index (χ1) is 15.1. The molecule has 5 nitrogen and oxygen atoms in total. The monoisotopic (exact) mass is 566 g/mol. The van der Waals surface area contributed by atoms with Crippen molar-refractivity contribution in [3.8, 4) is 5.75 Å². The van der Waals surface area contributed by atoms with Gasteiger partial charge in [0.2, 0.25) is 5.91 Å². The third-order valence-electron chi connectivity index (χ3n) is 5.38. The highest BCUT2D eigenvalue weighted by molar-refractivity contribution is 9.10. The third kappa shape index (κ3) is 7.62. The van der Waals surface area contributed by atoms with Crippen LogP contribution >= 0.6 is 31.9 Å². The van der Waals surface area contributed by atoms with E-state index in [1.807, 2.05) is 56.3 Å². The molecule has 0 saturated carbocycles. The van der Waals surface area contributed by atoms with E-state index in [0.717, 1.165) is 20.9 Å². The van der Waals surface area contributed by atoms with Gasteiger partial charge in [0, 0.05) is 17.1 Å². The molecule has 0 aliphatic heterocycles. The van der Waals surface area contributed by atoms with Crippen LogP contribution in [0.15, 0.2) is 51.4 Å². The van der Waals surface area contributed by atoms with Crippen LogP contribution in [0.2, 0.25) is 0 Å². The number of ether oxygens (including phenoxy) is 1. The second-order valence-corrected chi connectivity index (χ2v) is 10.0. The Morgan fingerprint density at radius 1 is 1.06 bits per heavy atom. The first-order valence-corrected chi connectivity index (χ1v) is 12.5. The van der Waals surface area contributed by atoms with Crippen molar-refractivity contribution in [1.82, 2.24) is 10.2 Å². The Labute approximate surface area is 208 Å². The van der Waals surface area contributed by atoms with E-state index in [1.165, 1.54) is 5.56 Å². The lowest BCUT2D eigenvalue weighted by Gasteiger charge is -2.29. The van der Waals surface area contributed by atoms with E-state index in [4.69, 9.17) is 4.74 Å². The second-order valence-electron chi connectivity index (χ2n) is 8.28. The zero-order valence-corrected chi connectivity index (χ0v) is 22.5. The number of hydrogen-bond donors (Lipinski definition) is 1.